The Labute approximate surface area is 133 Å². The van der Waals surface area contributed by atoms with Crippen LogP contribution >= 0.6 is 11.6 Å². The number of nitrogens with two attached hydrogens (primary N) is 1. The van der Waals surface area contributed by atoms with Crippen LogP contribution in [0.2, 0.25) is 5.02 Å². The van der Waals surface area contributed by atoms with Gasteiger partial charge in [0.1, 0.15) is 5.41 Å². The molecule has 1 aromatic heterocycles. The number of hydrogen-bond acceptors (Lipinski definition) is 3. The molecule has 1 aliphatic rings. The quantitative estimate of drug-likeness (QED) is 0.857. The van der Waals surface area contributed by atoms with Gasteiger partial charge < -0.3 is 15.4 Å². The summed E-state index contributed by atoms with van der Waals surface area (Å²) in [5.41, 5.74) is 6.06. The van der Waals surface area contributed by atoms with E-state index in [4.69, 9.17) is 17.3 Å². The third kappa shape index (κ3) is 2.40. The predicted molar refractivity (Wildman–Crippen MR) is 84.3 cm³/mol. The summed E-state index contributed by atoms with van der Waals surface area (Å²) in [6.07, 6.45) is 5.69. The summed E-state index contributed by atoms with van der Waals surface area (Å²) in [6.45, 7) is 0.584. The number of aliphatic carboxylic acids is 1. The molecule has 0 saturated heterocycles. The number of para-hydroxylation sites is 1. The zero-order valence-electron chi connectivity index (χ0n) is 12.1. The van der Waals surface area contributed by atoms with E-state index < -0.39 is 11.4 Å². The minimum atomic E-state index is -0.859. The van der Waals surface area contributed by atoms with E-state index >= 15 is 0 Å². The van der Waals surface area contributed by atoms with Gasteiger partial charge in [-0.3, -0.25) is 4.79 Å². The van der Waals surface area contributed by atoms with E-state index in [1.807, 2.05) is 18.2 Å². The van der Waals surface area contributed by atoms with Gasteiger partial charge in [0, 0.05) is 6.20 Å². The van der Waals surface area contributed by atoms with Crippen LogP contribution in [0.4, 0.5) is 0 Å². The van der Waals surface area contributed by atoms with Crippen molar-refractivity contribution in [3.63, 3.8) is 0 Å². The molecule has 2 aromatic rings. The Bertz CT molecular complexity index is 700. The lowest BCUT2D eigenvalue weighted by molar-refractivity contribution is -0.140. The lowest BCUT2D eigenvalue weighted by atomic mass is 9.98. The minimum absolute atomic E-state index is 0.114. The SMILES string of the molecule is NCCCC1C[C@]1(C(=O)O)c1cn(-c2ccccc2Cl)cn1. The second-order valence-electron chi connectivity index (χ2n) is 5.73. The summed E-state index contributed by atoms with van der Waals surface area (Å²) in [5.74, 6) is -0.693. The normalized spacial score (nSPS) is 23.5. The van der Waals surface area contributed by atoms with Crippen LogP contribution in [0.25, 0.3) is 5.69 Å². The first-order valence-electron chi connectivity index (χ1n) is 7.32. The summed E-state index contributed by atoms with van der Waals surface area (Å²) in [4.78, 5) is 16.1. The van der Waals surface area contributed by atoms with Gasteiger partial charge in [0.2, 0.25) is 0 Å². The number of hydrogen-bond donors (Lipinski definition) is 2. The van der Waals surface area contributed by atoms with Gasteiger partial charge >= 0.3 is 5.97 Å². The van der Waals surface area contributed by atoms with Crippen molar-refractivity contribution < 1.29 is 9.90 Å². The summed E-state index contributed by atoms with van der Waals surface area (Å²) >= 11 is 6.18. The maximum atomic E-state index is 11.8. The van der Waals surface area contributed by atoms with Crippen molar-refractivity contribution in [2.75, 3.05) is 6.54 Å². The lowest BCUT2D eigenvalue weighted by Gasteiger charge is -2.09. The molecule has 0 aliphatic heterocycles. The maximum absolute atomic E-state index is 11.8. The Balaban J connectivity index is 1.90. The molecule has 1 fully saturated rings. The molecule has 1 heterocycles. The molecular weight excluding hydrogens is 302 g/mol. The molecule has 1 aromatic carbocycles. The fraction of sp³-hybridized carbons (Fsp3) is 0.375. The minimum Gasteiger partial charge on any atom is -0.481 e. The monoisotopic (exact) mass is 319 g/mol. The smallest absolute Gasteiger partial charge is 0.316 e. The van der Waals surface area contributed by atoms with E-state index in [-0.39, 0.29) is 5.92 Å². The van der Waals surface area contributed by atoms with Crippen molar-refractivity contribution in [3.05, 3.63) is 47.5 Å². The molecule has 3 rings (SSSR count). The van der Waals surface area contributed by atoms with Gasteiger partial charge in [-0.1, -0.05) is 23.7 Å². The molecule has 0 spiro atoms. The topological polar surface area (TPSA) is 81.1 Å². The Kier molecular flexibility index (Phi) is 3.93. The van der Waals surface area contributed by atoms with Crippen molar-refractivity contribution in [3.8, 4) is 5.69 Å². The number of imidazole rings is 1. The van der Waals surface area contributed by atoms with Crippen LogP contribution in [0.1, 0.15) is 25.0 Å². The van der Waals surface area contributed by atoms with Crippen LogP contribution in [0.15, 0.2) is 36.8 Å². The zero-order valence-corrected chi connectivity index (χ0v) is 12.8. The number of carboxylic acid groups (broad SMARTS) is 1. The molecule has 1 aliphatic carbocycles. The number of aromatic nitrogens is 2. The number of nitrogens with zero attached hydrogens (tertiary/aromatic N) is 2. The highest BCUT2D eigenvalue weighted by atomic mass is 35.5. The van der Waals surface area contributed by atoms with E-state index in [0.717, 1.165) is 18.5 Å². The van der Waals surface area contributed by atoms with Crippen molar-refractivity contribution in [2.45, 2.75) is 24.7 Å². The maximum Gasteiger partial charge on any atom is 0.316 e. The average Bonchev–Trinajstić information content (AvgIpc) is 3.04. The van der Waals surface area contributed by atoms with Gasteiger partial charge in [0.15, 0.2) is 0 Å². The number of benzene rings is 1. The summed E-state index contributed by atoms with van der Waals surface area (Å²) in [6, 6.07) is 7.41. The Hall–Kier alpha value is -1.85. The molecular formula is C16H18ClN3O2. The van der Waals surface area contributed by atoms with E-state index in [1.165, 1.54) is 0 Å². The van der Waals surface area contributed by atoms with Crippen molar-refractivity contribution in [1.29, 1.82) is 0 Å². The van der Waals surface area contributed by atoms with Crippen LogP contribution in [0.3, 0.4) is 0 Å². The Morgan fingerprint density at radius 3 is 2.95 bits per heavy atom. The molecule has 0 bridgehead atoms. The first-order chi connectivity index (χ1) is 10.6. The van der Waals surface area contributed by atoms with Crippen LogP contribution in [-0.4, -0.2) is 27.2 Å². The number of halogens is 1. The molecule has 5 nitrogen and oxygen atoms in total. The third-order valence-corrected chi connectivity index (χ3v) is 4.73. The highest BCUT2D eigenvalue weighted by Gasteiger charge is 2.62. The molecule has 116 valence electrons. The molecule has 0 radical (unpaired) electrons. The number of carbonyl (C=O) groups is 1. The highest BCUT2D eigenvalue weighted by Crippen LogP contribution is 2.56. The van der Waals surface area contributed by atoms with Crippen LogP contribution in [-0.2, 0) is 10.2 Å². The van der Waals surface area contributed by atoms with Crippen LogP contribution in [0.5, 0.6) is 0 Å². The summed E-state index contributed by atoms with van der Waals surface area (Å²) in [7, 11) is 0. The second-order valence-corrected chi connectivity index (χ2v) is 6.13. The Morgan fingerprint density at radius 1 is 1.50 bits per heavy atom. The largest absolute Gasteiger partial charge is 0.481 e. The molecule has 3 N–H and O–H groups in total. The molecule has 0 amide bonds. The lowest BCUT2D eigenvalue weighted by Crippen LogP contribution is -2.23. The van der Waals surface area contributed by atoms with Gasteiger partial charge in [0.05, 0.1) is 22.7 Å². The number of carboxylic acids is 1. The molecule has 1 saturated carbocycles. The predicted octanol–water partition coefficient (Wildman–Crippen LogP) is 2.61. The fourth-order valence-electron chi connectivity index (χ4n) is 3.07. The first kappa shape index (κ1) is 15.1. The fourth-order valence-corrected chi connectivity index (χ4v) is 3.31. The van der Waals surface area contributed by atoms with E-state index in [0.29, 0.717) is 23.7 Å². The second kappa shape index (κ2) is 5.74. The van der Waals surface area contributed by atoms with Crippen molar-refractivity contribution >= 4 is 17.6 Å². The van der Waals surface area contributed by atoms with Gasteiger partial charge in [-0.05, 0) is 43.9 Å². The third-order valence-electron chi connectivity index (χ3n) is 4.41. The van der Waals surface area contributed by atoms with Crippen LogP contribution < -0.4 is 5.73 Å². The van der Waals surface area contributed by atoms with Gasteiger partial charge in [-0.25, -0.2) is 4.98 Å². The van der Waals surface area contributed by atoms with Gasteiger partial charge in [-0.15, -0.1) is 0 Å². The van der Waals surface area contributed by atoms with Crippen molar-refractivity contribution in [1.82, 2.24) is 9.55 Å². The van der Waals surface area contributed by atoms with Gasteiger partial charge in [0.25, 0.3) is 0 Å². The highest BCUT2D eigenvalue weighted by molar-refractivity contribution is 6.32. The summed E-state index contributed by atoms with van der Waals surface area (Å²) in [5, 5.41) is 10.3. The Morgan fingerprint density at radius 2 is 2.27 bits per heavy atom. The van der Waals surface area contributed by atoms with Crippen molar-refractivity contribution in [2.24, 2.45) is 11.7 Å². The standard InChI is InChI=1S/C16H18ClN3O2/c17-12-5-1-2-6-13(12)20-9-14(19-10-20)16(15(21)22)8-11(16)4-3-7-18/h1-2,5-6,9-11H,3-4,7-8,18H2,(H,21,22)/t11?,16-/m1/s1. The van der Waals surface area contributed by atoms with E-state index in [2.05, 4.69) is 4.98 Å². The van der Waals surface area contributed by atoms with E-state index in [9.17, 15) is 9.90 Å². The zero-order chi connectivity index (χ0) is 15.7. The average molecular weight is 320 g/mol. The summed E-state index contributed by atoms with van der Waals surface area (Å²) < 4.78 is 1.78. The van der Waals surface area contributed by atoms with E-state index in [1.54, 1.807) is 23.2 Å². The number of rotatable bonds is 6. The van der Waals surface area contributed by atoms with Crippen LogP contribution in [0, 0.1) is 5.92 Å². The molecule has 6 heteroatoms. The molecule has 22 heavy (non-hydrogen) atoms. The van der Waals surface area contributed by atoms with Gasteiger partial charge in [-0.2, -0.15) is 0 Å². The first-order valence-corrected chi connectivity index (χ1v) is 7.70. The molecule has 2 atom stereocenters. The molecule has 1 unspecified atom stereocenters.